The summed E-state index contributed by atoms with van der Waals surface area (Å²) in [5.74, 6) is 0.243. The van der Waals surface area contributed by atoms with Crippen LogP contribution >= 0.6 is 0 Å². The first-order chi connectivity index (χ1) is 10.7. The second kappa shape index (κ2) is 7.96. The summed E-state index contributed by atoms with van der Waals surface area (Å²) in [5.41, 5.74) is 1.02. The topological polar surface area (TPSA) is 54.0 Å². The SMILES string of the molecule is COCOCC1(Cc2ccccc2)CO/C(=C\C(=O)OC)C1. The molecule has 1 aliphatic rings. The minimum absolute atomic E-state index is 0.195. The third-order valence-electron chi connectivity index (χ3n) is 3.62. The third-order valence-corrected chi connectivity index (χ3v) is 3.62. The fraction of sp³-hybridized carbons (Fsp3) is 0.471. The van der Waals surface area contributed by atoms with Gasteiger partial charge in [-0.15, -0.1) is 0 Å². The first-order valence-electron chi connectivity index (χ1n) is 7.19. The molecule has 1 aromatic carbocycles. The largest absolute Gasteiger partial charge is 0.497 e. The van der Waals surface area contributed by atoms with E-state index in [9.17, 15) is 4.79 Å². The number of ether oxygens (including phenoxy) is 4. The quantitative estimate of drug-likeness (QED) is 0.335. The maximum Gasteiger partial charge on any atom is 0.333 e. The first kappa shape index (κ1) is 16.5. The summed E-state index contributed by atoms with van der Waals surface area (Å²) >= 11 is 0. The van der Waals surface area contributed by atoms with Crippen molar-refractivity contribution in [3.05, 3.63) is 47.7 Å². The predicted molar refractivity (Wildman–Crippen MR) is 81.1 cm³/mol. The van der Waals surface area contributed by atoms with E-state index in [0.29, 0.717) is 25.4 Å². The molecule has 0 amide bonds. The average molecular weight is 306 g/mol. The summed E-state index contributed by atoms with van der Waals surface area (Å²) in [6.45, 7) is 1.26. The van der Waals surface area contributed by atoms with Crippen molar-refractivity contribution in [3.8, 4) is 0 Å². The van der Waals surface area contributed by atoms with Crippen molar-refractivity contribution in [2.24, 2.45) is 5.41 Å². The summed E-state index contributed by atoms with van der Waals surface area (Å²) in [5, 5.41) is 0. The number of rotatable bonds is 7. The predicted octanol–water partition coefficient (Wildman–Crippen LogP) is 2.31. The number of hydrogen-bond donors (Lipinski definition) is 0. The highest BCUT2D eigenvalue weighted by Crippen LogP contribution is 2.38. The van der Waals surface area contributed by atoms with Crippen LogP contribution in [0.25, 0.3) is 0 Å². The van der Waals surface area contributed by atoms with Crippen LogP contribution in [0.3, 0.4) is 0 Å². The highest BCUT2D eigenvalue weighted by molar-refractivity contribution is 5.82. The molecule has 0 bridgehead atoms. The maximum atomic E-state index is 11.4. The zero-order valence-corrected chi connectivity index (χ0v) is 13.0. The van der Waals surface area contributed by atoms with Crippen LogP contribution in [-0.4, -0.2) is 40.2 Å². The Morgan fingerprint density at radius 3 is 2.77 bits per heavy atom. The fourth-order valence-corrected chi connectivity index (χ4v) is 2.63. The Balaban J connectivity index is 2.10. The summed E-state index contributed by atoms with van der Waals surface area (Å²) in [4.78, 5) is 11.4. The van der Waals surface area contributed by atoms with Crippen molar-refractivity contribution in [2.45, 2.75) is 12.8 Å². The van der Waals surface area contributed by atoms with E-state index < -0.39 is 5.97 Å². The molecule has 5 heteroatoms. The molecule has 5 nitrogen and oxygen atoms in total. The van der Waals surface area contributed by atoms with E-state index in [4.69, 9.17) is 14.2 Å². The Hall–Kier alpha value is -1.85. The summed E-state index contributed by atoms with van der Waals surface area (Å²) in [6, 6.07) is 10.2. The van der Waals surface area contributed by atoms with E-state index in [1.54, 1.807) is 7.11 Å². The molecule has 1 saturated heterocycles. The smallest absolute Gasteiger partial charge is 0.333 e. The second-order valence-corrected chi connectivity index (χ2v) is 5.52. The van der Waals surface area contributed by atoms with Gasteiger partial charge in [-0.25, -0.2) is 4.79 Å². The van der Waals surface area contributed by atoms with Crippen molar-refractivity contribution in [1.29, 1.82) is 0 Å². The van der Waals surface area contributed by atoms with Crippen molar-refractivity contribution >= 4 is 5.97 Å². The fourth-order valence-electron chi connectivity index (χ4n) is 2.63. The molecule has 1 atom stereocenters. The van der Waals surface area contributed by atoms with Crippen LogP contribution < -0.4 is 0 Å². The minimum Gasteiger partial charge on any atom is -0.497 e. The molecule has 2 rings (SSSR count). The van der Waals surface area contributed by atoms with E-state index in [0.717, 1.165) is 6.42 Å². The molecule has 1 aromatic rings. The Morgan fingerprint density at radius 1 is 1.32 bits per heavy atom. The average Bonchev–Trinajstić information content (AvgIpc) is 2.91. The Kier molecular flexibility index (Phi) is 5.98. The van der Waals surface area contributed by atoms with Gasteiger partial charge in [0.25, 0.3) is 0 Å². The first-order valence-corrected chi connectivity index (χ1v) is 7.19. The van der Waals surface area contributed by atoms with Crippen molar-refractivity contribution in [3.63, 3.8) is 0 Å². The number of carbonyl (C=O) groups excluding carboxylic acids is 1. The van der Waals surface area contributed by atoms with Gasteiger partial charge in [0.2, 0.25) is 0 Å². The van der Waals surface area contributed by atoms with Gasteiger partial charge in [0, 0.05) is 18.9 Å². The van der Waals surface area contributed by atoms with Gasteiger partial charge in [-0.1, -0.05) is 30.3 Å². The van der Waals surface area contributed by atoms with Gasteiger partial charge in [-0.2, -0.15) is 0 Å². The molecule has 0 radical (unpaired) electrons. The zero-order valence-electron chi connectivity index (χ0n) is 13.0. The summed E-state index contributed by atoms with van der Waals surface area (Å²) in [6.07, 6.45) is 2.86. The van der Waals surface area contributed by atoms with Gasteiger partial charge in [0.15, 0.2) is 0 Å². The molecule has 1 heterocycles. The normalized spacial score (nSPS) is 22.5. The molecule has 0 aliphatic carbocycles. The Bertz CT molecular complexity index is 511. The van der Waals surface area contributed by atoms with E-state index in [2.05, 4.69) is 16.9 Å². The number of carbonyl (C=O) groups is 1. The minimum atomic E-state index is -0.400. The van der Waals surface area contributed by atoms with Gasteiger partial charge in [-0.3, -0.25) is 0 Å². The molecular formula is C17H22O5. The molecule has 1 fully saturated rings. The van der Waals surface area contributed by atoms with Gasteiger partial charge in [0.05, 0.1) is 26.4 Å². The Morgan fingerprint density at radius 2 is 2.09 bits per heavy atom. The van der Waals surface area contributed by atoms with E-state index in [-0.39, 0.29) is 12.2 Å². The highest BCUT2D eigenvalue weighted by Gasteiger charge is 2.39. The lowest BCUT2D eigenvalue weighted by molar-refractivity contribution is -0.135. The lowest BCUT2D eigenvalue weighted by Gasteiger charge is -2.26. The molecule has 22 heavy (non-hydrogen) atoms. The van der Waals surface area contributed by atoms with Crippen LogP contribution in [0, 0.1) is 5.41 Å². The van der Waals surface area contributed by atoms with Gasteiger partial charge < -0.3 is 18.9 Å². The van der Waals surface area contributed by atoms with Crippen LogP contribution in [0.2, 0.25) is 0 Å². The van der Waals surface area contributed by atoms with Gasteiger partial charge in [-0.05, 0) is 12.0 Å². The number of benzene rings is 1. The lowest BCUT2D eigenvalue weighted by Crippen LogP contribution is -2.30. The van der Waals surface area contributed by atoms with E-state index in [1.807, 2.05) is 18.2 Å². The van der Waals surface area contributed by atoms with Crippen molar-refractivity contribution in [2.75, 3.05) is 34.2 Å². The molecule has 120 valence electrons. The number of esters is 1. The van der Waals surface area contributed by atoms with E-state index >= 15 is 0 Å². The van der Waals surface area contributed by atoms with E-state index in [1.165, 1.54) is 18.7 Å². The lowest BCUT2D eigenvalue weighted by atomic mass is 9.81. The number of allylic oxidation sites excluding steroid dienone is 1. The molecular weight excluding hydrogens is 284 g/mol. The highest BCUT2D eigenvalue weighted by atomic mass is 16.7. The van der Waals surface area contributed by atoms with Crippen molar-refractivity contribution in [1.82, 2.24) is 0 Å². The van der Waals surface area contributed by atoms with Crippen molar-refractivity contribution < 1.29 is 23.7 Å². The number of hydrogen-bond acceptors (Lipinski definition) is 5. The molecule has 1 unspecified atom stereocenters. The van der Waals surface area contributed by atoms with Crippen LogP contribution in [0.1, 0.15) is 12.0 Å². The van der Waals surface area contributed by atoms with Crippen LogP contribution in [0.15, 0.2) is 42.2 Å². The van der Waals surface area contributed by atoms with Gasteiger partial charge in [0.1, 0.15) is 12.6 Å². The third kappa shape index (κ3) is 4.58. The molecule has 0 saturated carbocycles. The molecule has 1 aliphatic heterocycles. The molecule has 0 spiro atoms. The van der Waals surface area contributed by atoms with Gasteiger partial charge >= 0.3 is 5.97 Å². The summed E-state index contributed by atoms with van der Waals surface area (Å²) < 4.78 is 20.9. The number of methoxy groups -OCH3 is 2. The zero-order chi connectivity index (χ0) is 15.8. The maximum absolute atomic E-state index is 11.4. The van der Waals surface area contributed by atoms with Crippen LogP contribution in [0.4, 0.5) is 0 Å². The standard InChI is InChI=1S/C17H22O5/c1-19-13-21-11-17(9-14-6-4-3-5-7-14)10-15(22-12-17)8-16(18)20-2/h3-8H,9-13H2,1-2H3/b15-8-. The van der Waals surface area contributed by atoms with Crippen LogP contribution in [-0.2, 0) is 30.2 Å². The monoisotopic (exact) mass is 306 g/mol. The summed E-state index contributed by atoms with van der Waals surface area (Å²) in [7, 11) is 2.95. The second-order valence-electron chi connectivity index (χ2n) is 5.52. The van der Waals surface area contributed by atoms with Crippen LogP contribution in [0.5, 0.6) is 0 Å². The molecule has 0 N–H and O–H groups in total. The Labute approximate surface area is 130 Å². The molecule has 0 aromatic heterocycles.